The Balaban J connectivity index is 2.60. The van der Waals surface area contributed by atoms with Gasteiger partial charge < -0.3 is 14.5 Å². The molecule has 0 saturated heterocycles. The Morgan fingerprint density at radius 1 is 1.57 bits per heavy atom. The first kappa shape index (κ1) is 9.01. The summed E-state index contributed by atoms with van der Waals surface area (Å²) >= 11 is 1.55. The highest BCUT2D eigenvalue weighted by atomic mass is 32.2. The summed E-state index contributed by atoms with van der Waals surface area (Å²) in [4.78, 5) is 14.5. The summed E-state index contributed by atoms with van der Waals surface area (Å²) in [6.45, 7) is 0. The van der Waals surface area contributed by atoms with Crippen LogP contribution >= 0.6 is 11.8 Å². The molecule has 0 amide bonds. The van der Waals surface area contributed by atoms with Gasteiger partial charge in [0.2, 0.25) is 5.52 Å². The molecule has 0 radical (unpaired) electrons. The van der Waals surface area contributed by atoms with Crippen LogP contribution in [0, 0.1) is 10.1 Å². The van der Waals surface area contributed by atoms with Crippen LogP contribution in [-0.4, -0.2) is 16.2 Å². The van der Waals surface area contributed by atoms with E-state index in [2.05, 4.69) is 4.98 Å². The first-order valence-electron chi connectivity index (χ1n) is 3.79. The Kier molecular flexibility index (Phi) is 2.12. The maximum atomic E-state index is 10.4. The minimum absolute atomic E-state index is 0.439. The average molecular weight is 210 g/mol. The van der Waals surface area contributed by atoms with Crippen LogP contribution in [0.5, 0.6) is 0 Å². The van der Waals surface area contributed by atoms with E-state index in [9.17, 15) is 10.1 Å². The van der Waals surface area contributed by atoms with E-state index in [4.69, 9.17) is 4.42 Å². The van der Waals surface area contributed by atoms with E-state index >= 15 is 0 Å². The molecular formula is C8H6N2O3S. The summed E-state index contributed by atoms with van der Waals surface area (Å²) in [5, 5.41) is 10.4. The third-order valence-electron chi connectivity index (χ3n) is 1.74. The molecule has 1 aromatic heterocycles. The van der Waals surface area contributed by atoms with Crippen LogP contribution in [0.2, 0.25) is 0 Å². The van der Waals surface area contributed by atoms with Gasteiger partial charge in [0.25, 0.3) is 0 Å². The lowest BCUT2D eigenvalue weighted by Gasteiger charge is -1.89. The van der Waals surface area contributed by atoms with Gasteiger partial charge in [0.1, 0.15) is 0 Å². The van der Waals surface area contributed by atoms with Crippen LogP contribution in [0.15, 0.2) is 27.5 Å². The topological polar surface area (TPSA) is 69.2 Å². The van der Waals surface area contributed by atoms with Gasteiger partial charge in [-0.3, -0.25) is 0 Å². The molecule has 0 fully saturated rings. The molecule has 0 aliphatic carbocycles. The normalized spacial score (nSPS) is 10.6. The summed E-state index contributed by atoms with van der Waals surface area (Å²) in [7, 11) is 0. The zero-order valence-corrected chi connectivity index (χ0v) is 8.08. The molecule has 72 valence electrons. The van der Waals surface area contributed by atoms with Crippen molar-refractivity contribution >= 4 is 28.9 Å². The van der Waals surface area contributed by atoms with Crippen molar-refractivity contribution in [3.63, 3.8) is 0 Å². The van der Waals surface area contributed by atoms with Gasteiger partial charge in [-0.1, -0.05) is 0 Å². The Morgan fingerprint density at radius 2 is 2.36 bits per heavy atom. The van der Waals surface area contributed by atoms with Gasteiger partial charge in [0, 0.05) is 20.9 Å². The molecule has 1 aromatic carbocycles. The Bertz CT molecular complexity index is 494. The van der Waals surface area contributed by atoms with Crippen molar-refractivity contribution < 1.29 is 9.34 Å². The third kappa shape index (κ3) is 1.44. The van der Waals surface area contributed by atoms with Gasteiger partial charge >= 0.3 is 6.01 Å². The van der Waals surface area contributed by atoms with Crippen molar-refractivity contribution in [2.75, 3.05) is 6.26 Å². The number of hydrogen-bond acceptors (Lipinski definition) is 5. The fourth-order valence-corrected chi connectivity index (χ4v) is 1.53. The molecule has 1 heterocycles. The quantitative estimate of drug-likeness (QED) is 0.432. The van der Waals surface area contributed by atoms with E-state index < -0.39 is 10.9 Å². The second kappa shape index (κ2) is 3.30. The molecule has 2 rings (SSSR count). The molecule has 0 bridgehead atoms. The first-order valence-corrected chi connectivity index (χ1v) is 5.02. The fraction of sp³-hybridized carbons (Fsp3) is 0.125. The van der Waals surface area contributed by atoms with Crippen LogP contribution in [0.25, 0.3) is 11.1 Å². The Hall–Kier alpha value is -1.56. The number of thioether (sulfide) groups is 1. The Labute approximate surface area is 83.3 Å². The summed E-state index contributed by atoms with van der Waals surface area (Å²) in [5.74, 6) is 0. The maximum absolute atomic E-state index is 10.4. The molecule has 0 aliphatic rings. The molecule has 0 spiro atoms. The van der Waals surface area contributed by atoms with E-state index in [1.807, 2.05) is 12.3 Å². The first-order chi connectivity index (χ1) is 6.70. The van der Waals surface area contributed by atoms with Gasteiger partial charge in [-0.05, 0) is 18.4 Å². The molecule has 0 N–H and O–H groups in total. The molecule has 0 unspecified atom stereocenters. The van der Waals surface area contributed by atoms with Crippen LogP contribution in [0.4, 0.5) is 6.01 Å². The number of nitro groups is 1. The van der Waals surface area contributed by atoms with Crippen LogP contribution in [0.3, 0.4) is 0 Å². The number of fused-ring (bicyclic) bond motifs is 1. The smallest absolute Gasteiger partial charge is 0.381 e. The number of hydrogen-bond donors (Lipinski definition) is 0. The van der Waals surface area contributed by atoms with Crippen LogP contribution in [0.1, 0.15) is 0 Å². The van der Waals surface area contributed by atoms with Crippen molar-refractivity contribution in [3.05, 3.63) is 28.3 Å². The minimum Gasteiger partial charge on any atom is -0.381 e. The maximum Gasteiger partial charge on any atom is 0.546 e. The number of rotatable bonds is 2. The largest absolute Gasteiger partial charge is 0.546 e. The minimum atomic E-state index is -0.640. The number of benzene rings is 1. The predicted octanol–water partition coefficient (Wildman–Crippen LogP) is 2.46. The number of oxazole rings is 1. The zero-order valence-electron chi connectivity index (χ0n) is 7.26. The van der Waals surface area contributed by atoms with E-state index in [1.165, 1.54) is 0 Å². The van der Waals surface area contributed by atoms with Crippen molar-refractivity contribution in [1.29, 1.82) is 0 Å². The van der Waals surface area contributed by atoms with E-state index in [-0.39, 0.29) is 0 Å². The molecule has 0 aliphatic heterocycles. The zero-order chi connectivity index (χ0) is 10.1. The predicted molar refractivity (Wildman–Crippen MR) is 52.4 cm³/mol. The van der Waals surface area contributed by atoms with Crippen molar-refractivity contribution in [1.82, 2.24) is 4.98 Å². The highest BCUT2D eigenvalue weighted by Crippen LogP contribution is 2.24. The van der Waals surface area contributed by atoms with Crippen molar-refractivity contribution in [2.45, 2.75) is 4.90 Å². The molecule has 14 heavy (non-hydrogen) atoms. The molecule has 6 heteroatoms. The van der Waals surface area contributed by atoms with Gasteiger partial charge in [-0.25, -0.2) is 0 Å². The number of aromatic nitrogens is 1. The van der Waals surface area contributed by atoms with Gasteiger partial charge in [-0.2, -0.15) is 0 Å². The van der Waals surface area contributed by atoms with E-state index in [1.54, 1.807) is 23.9 Å². The lowest BCUT2D eigenvalue weighted by Crippen LogP contribution is -1.85. The van der Waals surface area contributed by atoms with Crippen molar-refractivity contribution in [3.8, 4) is 0 Å². The average Bonchev–Trinajstić information content (AvgIpc) is 2.59. The molecule has 0 atom stereocenters. The lowest BCUT2D eigenvalue weighted by molar-refractivity contribution is -0.406. The third-order valence-corrected chi connectivity index (χ3v) is 2.46. The molecule has 5 nitrogen and oxygen atoms in total. The SMILES string of the molecule is CSc1ccc2oc([N+](=O)[O-])nc2c1. The lowest BCUT2D eigenvalue weighted by atomic mass is 10.3. The van der Waals surface area contributed by atoms with Crippen LogP contribution in [-0.2, 0) is 0 Å². The van der Waals surface area contributed by atoms with Gasteiger partial charge in [-0.15, -0.1) is 11.8 Å². The standard InChI is InChI=1S/C8H6N2O3S/c1-14-5-2-3-7-6(4-5)9-8(13-7)10(11)12/h2-4H,1H3. The number of nitrogens with zero attached hydrogens (tertiary/aromatic N) is 2. The highest BCUT2D eigenvalue weighted by Gasteiger charge is 2.17. The monoisotopic (exact) mass is 210 g/mol. The summed E-state index contributed by atoms with van der Waals surface area (Å²) in [6, 6.07) is 4.82. The summed E-state index contributed by atoms with van der Waals surface area (Å²) < 4.78 is 4.91. The second-order valence-corrected chi connectivity index (χ2v) is 3.47. The highest BCUT2D eigenvalue weighted by molar-refractivity contribution is 7.98. The summed E-state index contributed by atoms with van der Waals surface area (Å²) in [5.41, 5.74) is 0.957. The Morgan fingerprint density at radius 3 is 3.00 bits per heavy atom. The van der Waals surface area contributed by atoms with Crippen LogP contribution < -0.4 is 0 Å². The molecular weight excluding hydrogens is 204 g/mol. The van der Waals surface area contributed by atoms with Gasteiger partial charge in [0.05, 0.1) is 0 Å². The van der Waals surface area contributed by atoms with Crippen molar-refractivity contribution in [2.24, 2.45) is 0 Å². The second-order valence-electron chi connectivity index (χ2n) is 2.59. The fourth-order valence-electron chi connectivity index (χ4n) is 1.10. The van der Waals surface area contributed by atoms with E-state index in [0.29, 0.717) is 11.1 Å². The van der Waals surface area contributed by atoms with Gasteiger partial charge in [0.15, 0.2) is 5.58 Å². The molecule has 0 saturated carbocycles. The molecule has 2 aromatic rings. The van der Waals surface area contributed by atoms with E-state index in [0.717, 1.165) is 4.90 Å². The summed E-state index contributed by atoms with van der Waals surface area (Å²) in [6.07, 6.45) is 1.93.